The normalized spacial score (nSPS) is 19.3. The smallest absolute Gasteiger partial charge is 0.255 e. The lowest BCUT2D eigenvalue weighted by Gasteiger charge is -2.25. The highest BCUT2D eigenvalue weighted by Gasteiger charge is 2.31. The molecule has 0 aliphatic carbocycles. The van der Waals surface area contributed by atoms with Crippen LogP contribution in [-0.4, -0.2) is 74.0 Å². The van der Waals surface area contributed by atoms with E-state index in [4.69, 9.17) is 21.1 Å². The van der Waals surface area contributed by atoms with E-state index in [2.05, 4.69) is 26.6 Å². The Kier molecular flexibility index (Phi) is 14.5. The number of carbonyl (C=O) groups excluding carboxylic acids is 5. The highest BCUT2D eigenvalue weighted by atomic mass is 35.5. The Morgan fingerprint density at radius 3 is 2.36 bits per heavy atom. The summed E-state index contributed by atoms with van der Waals surface area (Å²) in [6.45, 7) is 4.44. The van der Waals surface area contributed by atoms with Gasteiger partial charge in [0.15, 0.2) is 0 Å². The van der Waals surface area contributed by atoms with Crippen molar-refractivity contribution in [3.63, 3.8) is 0 Å². The third-order valence-electron chi connectivity index (χ3n) is 7.78. The van der Waals surface area contributed by atoms with Crippen molar-refractivity contribution < 1.29 is 33.4 Å². The molecule has 50 heavy (non-hydrogen) atoms. The lowest BCUT2D eigenvalue weighted by Crippen LogP contribution is -2.56. The Morgan fingerprint density at radius 1 is 0.900 bits per heavy atom. The molecule has 4 rings (SSSR count). The van der Waals surface area contributed by atoms with Crippen LogP contribution in [0.4, 0.5) is 0 Å². The maximum Gasteiger partial charge on any atom is 0.255 e. The summed E-state index contributed by atoms with van der Waals surface area (Å²) in [5, 5.41) is 14.4. The van der Waals surface area contributed by atoms with Crippen LogP contribution < -0.4 is 36.1 Å². The molecule has 3 atom stereocenters. The van der Waals surface area contributed by atoms with Gasteiger partial charge in [0.05, 0.1) is 25.1 Å². The van der Waals surface area contributed by atoms with Gasteiger partial charge < -0.3 is 36.1 Å². The number of hydrogen-bond donors (Lipinski definition) is 5. The first-order valence-corrected chi connectivity index (χ1v) is 17.1. The van der Waals surface area contributed by atoms with Crippen LogP contribution >= 0.6 is 11.6 Å². The first kappa shape index (κ1) is 37.7. The standard InChI is InChI=1S/C37H44ClN5O7/c1-24(2)21-29-37(48)43-30(22-25-9-4-3-5-10-25)35(46)39-17-8-19-50-32-12-7-6-11-28(32)34(45)42-31(23-33(44)41-29)36(47)40-18-20-49-27-15-13-26(38)14-16-27/h3-7,9-16,24,29-31H,8,17-23H2,1-2H3,(H,39,46)(H,40,47)(H,41,44)(H,42,45)(H,43,48)/t29-,30-,31-/m0/s1. The van der Waals surface area contributed by atoms with Crippen LogP contribution in [0.5, 0.6) is 11.5 Å². The molecule has 0 spiro atoms. The number of carbonyl (C=O) groups is 5. The largest absolute Gasteiger partial charge is 0.493 e. The van der Waals surface area contributed by atoms with Crippen molar-refractivity contribution in [2.75, 3.05) is 26.3 Å². The number of rotatable bonds is 9. The molecule has 5 N–H and O–H groups in total. The minimum absolute atomic E-state index is 0.00116. The maximum absolute atomic E-state index is 13.7. The molecule has 3 aromatic carbocycles. The highest BCUT2D eigenvalue weighted by Crippen LogP contribution is 2.19. The topological polar surface area (TPSA) is 164 Å². The van der Waals surface area contributed by atoms with Gasteiger partial charge in [0.25, 0.3) is 5.91 Å². The van der Waals surface area contributed by atoms with Gasteiger partial charge in [-0.25, -0.2) is 0 Å². The van der Waals surface area contributed by atoms with Gasteiger partial charge in [0.2, 0.25) is 23.6 Å². The second-order valence-electron chi connectivity index (χ2n) is 12.3. The van der Waals surface area contributed by atoms with Gasteiger partial charge in [-0.15, -0.1) is 0 Å². The predicted octanol–water partition coefficient (Wildman–Crippen LogP) is 3.18. The zero-order chi connectivity index (χ0) is 35.9. The fraction of sp³-hybridized carbons (Fsp3) is 0.378. The predicted molar refractivity (Wildman–Crippen MR) is 189 cm³/mol. The fourth-order valence-corrected chi connectivity index (χ4v) is 5.41. The zero-order valence-electron chi connectivity index (χ0n) is 28.2. The summed E-state index contributed by atoms with van der Waals surface area (Å²) in [4.78, 5) is 67.4. The van der Waals surface area contributed by atoms with Gasteiger partial charge in [-0.2, -0.15) is 0 Å². The first-order valence-electron chi connectivity index (χ1n) is 16.7. The zero-order valence-corrected chi connectivity index (χ0v) is 29.0. The van der Waals surface area contributed by atoms with E-state index in [1.165, 1.54) is 0 Å². The molecule has 1 aliphatic rings. The summed E-state index contributed by atoms with van der Waals surface area (Å²) in [7, 11) is 0. The molecule has 266 valence electrons. The molecule has 0 unspecified atom stereocenters. The molecule has 0 bridgehead atoms. The number of para-hydroxylation sites is 1. The monoisotopic (exact) mass is 705 g/mol. The molecule has 0 saturated heterocycles. The molecule has 0 radical (unpaired) electrons. The summed E-state index contributed by atoms with van der Waals surface area (Å²) >= 11 is 5.93. The van der Waals surface area contributed by atoms with Crippen LogP contribution in [0.25, 0.3) is 0 Å². The minimum atomic E-state index is -1.30. The van der Waals surface area contributed by atoms with Crippen LogP contribution in [0.1, 0.15) is 49.0 Å². The van der Waals surface area contributed by atoms with Crippen LogP contribution in [0.15, 0.2) is 78.9 Å². The Balaban J connectivity index is 1.55. The second kappa shape index (κ2) is 19.2. The van der Waals surface area contributed by atoms with Gasteiger partial charge >= 0.3 is 0 Å². The number of hydrogen-bond acceptors (Lipinski definition) is 7. The quantitative estimate of drug-likeness (QED) is 0.214. The summed E-state index contributed by atoms with van der Waals surface area (Å²) in [6.07, 6.45) is 0.463. The molecular formula is C37H44ClN5O7. The van der Waals surface area contributed by atoms with Crippen molar-refractivity contribution in [1.82, 2.24) is 26.6 Å². The van der Waals surface area contributed by atoms with E-state index in [-0.39, 0.29) is 62.3 Å². The lowest BCUT2D eigenvalue weighted by atomic mass is 10.0. The highest BCUT2D eigenvalue weighted by molar-refractivity contribution is 6.30. The molecule has 13 heteroatoms. The van der Waals surface area contributed by atoms with Crippen LogP contribution in [-0.2, 0) is 25.6 Å². The van der Waals surface area contributed by atoms with E-state index >= 15 is 0 Å². The van der Waals surface area contributed by atoms with E-state index in [9.17, 15) is 24.0 Å². The second-order valence-corrected chi connectivity index (χ2v) is 12.7. The average molecular weight is 706 g/mol. The van der Waals surface area contributed by atoms with E-state index in [1.54, 1.807) is 48.5 Å². The van der Waals surface area contributed by atoms with Crippen molar-refractivity contribution in [2.24, 2.45) is 5.92 Å². The lowest BCUT2D eigenvalue weighted by molar-refractivity contribution is -0.133. The summed E-state index contributed by atoms with van der Waals surface area (Å²) in [6, 6.07) is 19.4. The Labute approximate surface area is 297 Å². The van der Waals surface area contributed by atoms with E-state index in [0.717, 1.165) is 5.56 Å². The summed E-state index contributed by atoms with van der Waals surface area (Å²) in [5.74, 6) is -1.96. The molecule has 3 aromatic rings. The third-order valence-corrected chi connectivity index (χ3v) is 8.03. The fourth-order valence-electron chi connectivity index (χ4n) is 5.28. The van der Waals surface area contributed by atoms with Gasteiger partial charge in [-0.05, 0) is 60.7 Å². The van der Waals surface area contributed by atoms with Crippen LogP contribution in [0.3, 0.4) is 0 Å². The molecule has 5 amide bonds. The van der Waals surface area contributed by atoms with Gasteiger partial charge in [0.1, 0.15) is 36.2 Å². The summed E-state index contributed by atoms with van der Waals surface area (Å²) < 4.78 is 11.5. The average Bonchev–Trinajstić information content (AvgIpc) is 3.09. The first-order chi connectivity index (χ1) is 24.1. The Morgan fingerprint density at radius 2 is 1.62 bits per heavy atom. The number of ether oxygens (including phenoxy) is 2. The number of fused-ring (bicyclic) bond motifs is 1. The molecule has 0 saturated carbocycles. The van der Waals surface area contributed by atoms with Crippen molar-refractivity contribution in [1.29, 1.82) is 0 Å². The van der Waals surface area contributed by atoms with Crippen molar-refractivity contribution in [2.45, 2.75) is 57.7 Å². The number of benzene rings is 3. The van der Waals surface area contributed by atoms with Gasteiger partial charge in [0, 0.05) is 18.0 Å². The van der Waals surface area contributed by atoms with E-state index in [1.807, 2.05) is 44.2 Å². The summed E-state index contributed by atoms with van der Waals surface area (Å²) in [5.41, 5.74) is 1.02. The van der Waals surface area contributed by atoms with Crippen molar-refractivity contribution in [3.8, 4) is 11.5 Å². The molecular weight excluding hydrogens is 662 g/mol. The van der Waals surface area contributed by atoms with Gasteiger partial charge in [-0.1, -0.05) is 67.9 Å². The molecule has 1 heterocycles. The van der Waals surface area contributed by atoms with Crippen LogP contribution in [0.2, 0.25) is 5.02 Å². The number of halogens is 1. The molecule has 0 aromatic heterocycles. The van der Waals surface area contributed by atoms with Crippen molar-refractivity contribution >= 4 is 41.1 Å². The molecule has 0 fully saturated rings. The van der Waals surface area contributed by atoms with Gasteiger partial charge in [-0.3, -0.25) is 24.0 Å². The van der Waals surface area contributed by atoms with Crippen molar-refractivity contribution in [3.05, 3.63) is 95.0 Å². The van der Waals surface area contributed by atoms with E-state index < -0.39 is 48.2 Å². The Hall–Kier alpha value is -5.10. The molecule has 1 aliphatic heterocycles. The number of nitrogens with one attached hydrogen (secondary N) is 5. The third kappa shape index (κ3) is 12.1. The maximum atomic E-state index is 13.7. The SMILES string of the molecule is CC(C)C[C@@H]1NC(=O)C[C@@H](C(=O)NCCOc2ccc(Cl)cc2)NC(=O)c2ccccc2OCCCNC(=O)[C@H](Cc2ccccc2)NC1=O. The Bertz CT molecular complexity index is 1600. The van der Waals surface area contributed by atoms with E-state index in [0.29, 0.717) is 17.2 Å². The minimum Gasteiger partial charge on any atom is -0.493 e. The number of amides is 5. The molecule has 12 nitrogen and oxygen atoms in total. The van der Waals surface area contributed by atoms with Crippen LogP contribution in [0, 0.1) is 5.92 Å².